The van der Waals surface area contributed by atoms with E-state index in [2.05, 4.69) is 4.98 Å². The molecule has 1 aliphatic carbocycles. The normalized spacial score (nSPS) is 22.8. The zero-order valence-electron chi connectivity index (χ0n) is 16.3. The van der Waals surface area contributed by atoms with Crippen molar-refractivity contribution >= 4 is 26.8 Å². The van der Waals surface area contributed by atoms with Crippen LogP contribution in [0.4, 0.5) is 0 Å². The van der Waals surface area contributed by atoms with Gasteiger partial charge >= 0.3 is 0 Å². The summed E-state index contributed by atoms with van der Waals surface area (Å²) in [7, 11) is -3.73. The third-order valence-electron chi connectivity index (χ3n) is 5.63. The first-order valence-electron chi connectivity index (χ1n) is 9.71. The van der Waals surface area contributed by atoms with Crippen LogP contribution in [-0.4, -0.2) is 47.7 Å². The first kappa shape index (κ1) is 19.8. The zero-order chi connectivity index (χ0) is 20.5. The molecule has 0 spiro atoms. The van der Waals surface area contributed by atoms with Crippen LogP contribution in [0.1, 0.15) is 26.2 Å². The Hall–Kier alpha value is -2.45. The minimum absolute atomic E-state index is 0.0388. The molecule has 4 rings (SSSR count). The maximum absolute atomic E-state index is 13.3. The van der Waals surface area contributed by atoms with Crippen LogP contribution in [0.5, 0.6) is 5.75 Å². The largest absolute Gasteiger partial charge is 0.485 e. The summed E-state index contributed by atoms with van der Waals surface area (Å²) in [5.41, 5.74) is 0.296. The Morgan fingerprint density at radius 3 is 2.83 bits per heavy atom. The SMILES string of the molecule is CC1(S(=O)(=O)n2ccc3c(OCC(=O)C4CCOCC4)ccnc32)C=CC=CC1. The van der Waals surface area contributed by atoms with Gasteiger partial charge in [0.2, 0.25) is 10.0 Å². The topological polar surface area (TPSA) is 87.5 Å². The number of rotatable bonds is 6. The molecule has 2 aliphatic rings. The molecule has 0 aromatic carbocycles. The van der Waals surface area contributed by atoms with Crippen molar-refractivity contribution in [3.63, 3.8) is 0 Å². The standard InChI is InChI=1S/C21H24N2O5S/c1-21(9-3-2-4-10-21)29(25,26)23-12-6-17-19(5-11-22-20(17)23)28-15-18(24)16-7-13-27-14-8-16/h2-6,9,11-12,16H,7-8,10,13-15H2,1H3. The Kier molecular flexibility index (Phi) is 5.31. The quantitative estimate of drug-likeness (QED) is 0.720. The number of pyridine rings is 1. The fourth-order valence-corrected chi connectivity index (χ4v) is 5.32. The number of fused-ring (bicyclic) bond motifs is 1. The Bertz CT molecular complexity index is 1080. The zero-order valence-corrected chi connectivity index (χ0v) is 17.1. The van der Waals surface area contributed by atoms with Gasteiger partial charge in [-0.25, -0.2) is 17.4 Å². The number of nitrogens with zero attached hydrogens (tertiary/aromatic N) is 2. The molecule has 0 N–H and O–H groups in total. The van der Waals surface area contributed by atoms with E-state index in [9.17, 15) is 13.2 Å². The maximum Gasteiger partial charge on any atom is 0.249 e. The smallest absolute Gasteiger partial charge is 0.249 e. The van der Waals surface area contributed by atoms with Crippen LogP contribution in [0, 0.1) is 5.92 Å². The molecule has 2 aromatic rings. The summed E-state index contributed by atoms with van der Waals surface area (Å²) in [5.74, 6) is 0.447. The number of ether oxygens (including phenoxy) is 2. The van der Waals surface area contributed by atoms with Crippen molar-refractivity contribution in [3.8, 4) is 5.75 Å². The van der Waals surface area contributed by atoms with Gasteiger partial charge in [0.1, 0.15) is 17.1 Å². The number of ketones is 1. The van der Waals surface area contributed by atoms with E-state index in [4.69, 9.17) is 9.47 Å². The highest BCUT2D eigenvalue weighted by Gasteiger charge is 2.39. The highest BCUT2D eigenvalue weighted by atomic mass is 32.2. The van der Waals surface area contributed by atoms with Crippen LogP contribution < -0.4 is 4.74 Å². The van der Waals surface area contributed by atoms with E-state index in [1.54, 1.807) is 31.2 Å². The third-order valence-corrected chi connectivity index (χ3v) is 7.92. The number of hydrogen-bond acceptors (Lipinski definition) is 6. The molecule has 3 heterocycles. The molecule has 1 atom stereocenters. The van der Waals surface area contributed by atoms with Gasteiger partial charge in [-0.1, -0.05) is 24.3 Å². The van der Waals surface area contributed by atoms with E-state index in [1.165, 1.54) is 16.4 Å². The average molecular weight is 416 g/mol. The van der Waals surface area contributed by atoms with E-state index in [1.807, 2.05) is 12.2 Å². The Balaban J connectivity index is 1.59. The summed E-state index contributed by atoms with van der Waals surface area (Å²) in [6.45, 7) is 2.84. The first-order valence-corrected chi connectivity index (χ1v) is 11.2. The van der Waals surface area contributed by atoms with Crippen molar-refractivity contribution in [2.45, 2.75) is 30.9 Å². The number of aromatic nitrogens is 2. The van der Waals surface area contributed by atoms with Crippen molar-refractivity contribution in [2.75, 3.05) is 19.8 Å². The van der Waals surface area contributed by atoms with E-state index < -0.39 is 14.8 Å². The molecule has 1 unspecified atom stereocenters. The molecule has 2 aromatic heterocycles. The Morgan fingerprint density at radius 1 is 1.31 bits per heavy atom. The van der Waals surface area contributed by atoms with E-state index in [0.29, 0.717) is 49.3 Å². The van der Waals surface area contributed by atoms with Crippen molar-refractivity contribution in [2.24, 2.45) is 5.92 Å². The van der Waals surface area contributed by atoms with E-state index >= 15 is 0 Å². The van der Waals surface area contributed by atoms with Crippen molar-refractivity contribution in [1.82, 2.24) is 8.96 Å². The van der Waals surface area contributed by atoms with Crippen LogP contribution >= 0.6 is 0 Å². The van der Waals surface area contributed by atoms with Gasteiger partial charge in [0.25, 0.3) is 0 Å². The fraction of sp³-hybridized carbons (Fsp3) is 0.429. The summed E-state index contributed by atoms with van der Waals surface area (Å²) in [5, 5.41) is 0.565. The van der Waals surface area contributed by atoms with Crippen LogP contribution in [0.3, 0.4) is 0 Å². The van der Waals surface area contributed by atoms with Gasteiger partial charge in [-0.15, -0.1) is 0 Å². The summed E-state index contributed by atoms with van der Waals surface area (Å²) >= 11 is 0. The summed E-state index contributed by atoms with van der Waals surface area (Å²) in [6, 6.07) is 3.32. The predicted molar refractivity (Wildman–Crippen MR) is 109 cm³/mol. The Morgan fingerprint density at radius 2 is 2.10 bits per heavy atom. The van der Waals surface area contributed by atoms with E-state index in [0.717, 1.165) is 0 Å². The average Bonchev–Trinajstić information content (AvgIpc) is 3.18. The predicted octanol–water partition coefficient (Wildman–Crippen LogP) is 2.86. The molecule has 0 saturated carbocycles. The highest BCUT2D eigenvalue weighted by Crippen LogP contribution is 2.33. The summed E-state index contributed by atoms with van der Waals surface area (Å²) in [4.78, 5) is 16.7. The summed E-state index contributed by atoms with van der Waals surface area (Å²) in [6.07, 6.45) is 11.9. The molecule has 7 nitrogen and oxygen atoms in total. The second-order valence-electron chi connectivity index (χ2n) is 7.61. The number of Topliss-reactive ketones (excluding diaryl/α,β-unsaturated/α-hetero) is 1. The van der Waals surface area contributed by atoms with Gasteiger partial charge < -0.3 is 9.47 Å². The van der Waals surface area contributed by atoms with Gasteiger partial charge in [0.05, 0.1) is 5.39 Å². The van der Waals surface area contributed by atoms with Gasteiger partial charge in [0, 0.05) is 31.5 Å². The lowest BCUT2D eigenvalue weighted by atomic mass is 9.96. The molecule has 0 bridgehead atoms. The molecule has 1 fully saturated rings. The number of allylic oxidation sites excluding steroid dienone is 3. The molecule has 0 radical (unpaired) electrons. The van der Waals surface area contributed by atoms with Crippen LogP contribution in [0.15, 0.2) is 48.8 Å². The van der Waals surface area contributed by atoms with Gasteiger partial charge in [-0.05, 0) is 38.3 Å². The van der Waals surface area contributed by atoms with Crippen LogP contribution in [0.2, 0.25) is 0 Å². The molecular weight excluding hydrogens is 392 g/mol. The minimum atomic E-state index is -3.73. The second kappa shape index (κ2) is 7.76. The minimum Gasteiger partial charge on any atom is -0.485 e. The van der Waals surface area contributed by atoms with E-state index in [-0.39, 0.29) is 18.3 Å². The number of hydrogen-bond donors (Lipinski definition) is 0. The van der Waals surface area contributed by atoms with Crippen molar-refractivity contribution in [3.05, 3.63) is 48.8 Å². The van der Waals surface area contributed by atoms with Crippen LogP contribution in [-0.2, 0) is 19.6 Å². The molecule has 154 valence electrons. The van der Waals surface area contributed by atoms with Crippen LogP contribution in [0.25, 0.3) is 11.0 Å². The number of carbonyl (C=O) groups excluding carboxylic acids is 1. The lowest BCUT2D eigenvalue weighted by Crippen LogP contribution is -2.37. The highest BCUT2D eigenvalue weighted by molar-refractivity contribution is 7.91. The molecule has 1 saturated heterocycles. The number of carbonyl (C=O) groups is 1. The molecule has 1 aliphatic heterocycles. The van der Waals surface area contributed by atoms with Crippen molar-refractivity contribution < 1.29 is 22.7 Å². The first-order chi connectivity index (χ1) is 13.9. The van der Waals surface area contributed by atoms with Gasteiger partial charge in [0.15, 0.2) is 11.4 Å². The summed E-state index contributed by atoms with van der Waals surface area (Å²) < 4.78 is 37.8. The lowest BCUT2D eigenvalue weighted by Gasteiger charge is -2.26. The van der Waals surface area contributed by atoms with Gasteiger partial charge in [-0.3, -0.25) is 4.79 Å². The monoisotopic (exact) mass is 416 g/mol. The lowest BCUT2D eigenvalue weighted by molar-refractivity contribution is -0.127. The molecular formula is C21H24N2O5S. The van der Waals surface area contributed by atoms with Gasteiger partial charge in [-0.2, -0.15) is 0 Å². The second-order valence-corrected chi connectivity index (χ2v) is 9.88. The molecule has 8 heteroatoms. The third kappa shape index (κ3) is 3.62. The fourth-order valence-electron chi connectivity index (χ4n) is 3.72. The maximum atomic E-state index is 13.3. The van der Waals surface area contributed by atoms with Crippen molar-refractivity contribution in [1.29, 1.82) is 0 Å². The molecule has 0 amide bonds. The molecule has 29 heavy (non-hydrogen) atoms. The Labute approximate surface area is 170 Å².